The van der Waals surface area contributed by atoms with Crippen LogP contribution in [-0.4, -0.2) is 22.8 Å². The van der Waals surface area contributed by atoms with Gasteiger partial charge in [-0.3, -0.25) is 19.5 Å². The molecule has 170 valence electrons. The summed E-state index contributed by atoms with van der Waals surface area (Å²) in [7, 11) is 0. The van der Waals surface area contributed by atoms with E-state index in [1.807, 2.05) is 0 Å². The molecule has 0 aliphatic heterocycles. The Morgan fingerprint density at radius 2 is 1.76 bits per heavy atom. The lowest BCUT2D eigenvalue weighted by molar-refractivity contribution is -0.123. The van der Waals surface area contributed by atoms with Gasteiger partial charge in [0.15, 0.2) is 0 Å². The summed E-state index contributed by atoms with van der Waals surface area (Å²) in [6.45, 7) is 0. The molecule has 0 saturated heterocycles. The van der Waals surface area contributed by atoms with Gasteiger partial charge in [0, 0.05) is 28.5 Å². The third-order valence-electron chi connectivity index (χ3n) is 5.85. The van der Waals surface area contributed by atoms with E-state index in [4.69, 9.17) is 11.6 Å². The Morgan fingerprint density at radius 1 is 1.00 bits per heavy atom. The fourth-order valence-electron chi connectivity index (χ4n) is 4.24. The Morgan fingerprint density at radius 3 is 2.45 bits per heavy atom. The first-order chi connectivity index (χ1) is 16.0. The van der Waals surface area contributed by atoms with E-state index < -0.39 is 17.8 Å². The molecule has 1 aromatic heterocycles. The molecule has 1 atom stereocenters. The van der Waals surface area contributed by atoms with Crippen molar-refractivity contribution in [3.8, 4) is 0 Å². The van der Waals surface area contributed by atoms with Crippen LogP contribution >= 0.6 is 11.6 Å². The zero-order valence-electron chi connectivity index (χ0n) is 18.1. The maximum atomic E-state index is 14.2. The fourth-order valence-corrected chi connectivity index (χ4v) is 4.48. The fraction of sp³-hybridized carbons (Fsp3) is 0.269. The summed E-state index contributed by atoms with van der Waals surface area (Å²) in [5.74, 6) is -1.40. The van der Waals surface area contributed by atoms with Gasteiger partial charge in [-0.25, -0.2) is 4.39 Å². The van der Waals surface area contributed by atoms with Crippen molar-refractivity contribution < 1.29 is 14.0 Å². The summed E-state index contributed by atoms with van der Waals surface area (Å²) in [6.07, 6.45) is 6.51. The van der Waals surface area contributed by atoms with E-state index >= 15 is 0 Å². The molecular formula is C26H25ClFN3O2. The van der Waals surface area contributed by atoms with Crippen molar-refractivity contribution >= 4 is 29.1 Å². The summed E-state index contributed by atoms with van der Waals surface area (Å²) < 4.78 is 14.2. The van der Waals surface area contributed by atoms with Crippen LogP contribution in [0.3, 0.4) is 0 Å². The number of carbonyl (C=O) groups is 2. The summed E-state index contributed by atoms with van der Waals surface area (Å²) >= 11 is 6.51. The van der Waals surface area contributed by atoms with Crippen LogP contribution in [0.5, 0.6) is 0 Å². The molecule has 33 heavy (non-hydrogen) atoms. The Bertz CT molecular complexity index is 1120. The molecule has 7 heteroatoms. The first kappa shape index (κ1) is 22.9. The lowest BCUT2D eigenvalue weighted by Gasteiger charge is -2.33. The molecule has 4 rings (SSSR count). The van der Waals surface area contributed by atoms with Gasteiger partial charge in [0.25, 0.3) is 5.91 Å². The van der Waals surface area contributed by atoms with Crippen LogP contribution in [0.1, 0.15) is 54.2 Å². The predicted molar refractivity (Wildman–Crippen MR) is 127 cm³/mol. The van der Waals surface area contributed by atoms with E-state index in [1.54, 1.807) is 48.5 Å². The molecule has 0 bridgehead atoms. The first-order valence-corrected chi connectivity index (χ1v) is 11.5. The van der Waals surface area contributed by atoms with Crippen molar-refractivity contribution in [3.05, 3.63) is 95.0 Å². The summed E-state index contributed by atoms with van der Waals surface area (Å²) in [6, 6.07) is 16.4. The van der Waals surface area contributed by atoms with E-state index in [0.717, 1.165) is 32.1 Å². The topological polar surface area (TPSA) is 62.3 Å². The third-order valence-corrected chi connectivity index (χ3v) is 6.19. The van der Waals surface area contributed by atoms with Crippen molar-refractivity contribution in [2.24, 2.45) is 0 Å². The van der Waals surface area contributed by atoms with Gasteiger partial charge in [-0.15, -0.1) is 0 Å². The molecule has 5 nitrogen and oxygen atoms in total. The van der Waals surface area contributed by atoms with Crippen molar-refractivity contribution in [1.29, 1.82) is 0 Å². The minimum Gasteiger partial charge on any atom is -0.351 e. The van der Waals surface area contributed by atoms with Crippen LogP contribution in [0.4, 0.5) is 10.1 Å². The second kappa shape index (κ2) is 10.6. The predicted octanol–water partition coefficient (Wildman–Crippen LogP) is 5.71. The standard InChI is InChI=1S/C26H25ClFN3O2/c27-22-14-5-4-13-21(22)24(25(32)30-19-10-2-1-3-11-19)31(20-12-8-9-18(28)17-20)26(33)23-15-6-7-16-29-23/h4-9,12-17,19,24H,1-3,10-11H2,(H,30,32). The Balaban J connectivity index is 1.82. The van der Waals surface area contributed by atoms with Gasteiger partial charge in [0.05, 0.1) is 0 Å². The number of amides is 2. The SMILES string of the molecule is O=C(NC1CCCCC1)C(c1ccccc1Cl)N(C(=O)c1ccccn1)c1cccc(F)c1. The third kappa shape index (κ3) is 5.40. The molecule has 3 aromatic rings. The number of halogens is 2. The van der Waals surface area contributed by atoms with Crippen LogP contribution in [0.15, 0.2) is 72.9 Å². The normalized spacial score (nSPS) is 15.0. The summed E-state index contributed by atoms with van der Waals surface area (Å²) in [5.41, 5.74) is 0.847. The highest BCUT2D eigenvalue weighted by Gasteiger charge is 2.36. The number of rotatable bonds is 6. The maximum Gasteiger partial charge on any atom is 0.277 e. The number of aromatic nitrogens is 1. The van der Waals surface area contributed by atoms with Gasteiger partial charge in [-0.1, -0.05) is 61.2 Å². The van der Waals surface area contributed by atoms with Crippen LogP contribution in [-0.2, 0) is 4.79 Å². The van der Waals surface area contributed by atoms with Crippen LogP contribution in [0.25, 0.3) is 0 Å². The molecule has 1 aliphatic rings. The molecular weight excluding hydrogens is 441 g/mol. The van der Waals surface area contributed by atoms with Gasteiger partial charge >= 0.3 is 0 Å². The number of benzene rings is 2. The second-order valence-corrected chi connectivity index (χ2v) is 8.54. The Hall–Kier alpha value is -3.25. The molecule has 1 heterocycles. The number of nitrogens with zero attached hydrogens (tertiary/aromatic N) is 2. The first-order valence-electron chi connectivity index (χ1n) is 11.1. The van der Waals surface area contributed by atoms with E-state index in [-0.39, 0.29) is 23.3 Å². The molecule has 1 N–H and O–H groups in total. The van der Waals surface area contributed by atoms with Gasteiger partial charge in [0.1, 0.15) is 17.6 Å². The molecule has 0 radical (unpaired) electrons. The molecule has 1 fully saturated rings. The average Bonchev–Trinajstić information content (AvgIpc) is 2.84. The van der Waals surface area contributed by atoms with Crippen molar-refractivity contribution in [2.45, 2.75) is 44.2 Å². The Labute approximate surface area is 197 Å². The van der Waals surface area contributed by atoms with E-state index in [0.29, 0.717) is 10.6 Å². The van der Waals surface area contributed by atoms with Crippen molar-refractivity contribution in [3.63, 3.8) is 0 Å². The highest BCUT2D eigenvalue weighted by molar-refractivity contribution is 6.31. The lowest BCUT2D eigenvalue weighted by Crippen LogP contribution is -2.47. The zero-order chi connectivity index (χ0) is 23.2. The zero-order valence-corrected chi connectivity index (χ0v) is 18.8. The molecule has 0 spiro atoms. The van der Waals surface area contributed by atoms with Crippen molar-refractivity contribution in [1.82, 2.24) is 10.3 Å². The van der Waals surface area contributed by atoms with Crippen molar-refractivity contribution in [2.75, 3.05) is 4.90 Å². The Kier molecular flexibility index (Phi) is 7.35. The highest BCUT2D eigenvalue weighted by Crippen LogP contribution is 2.34. The van der Waals surface area contributed by atoms with Crippen LogP contribution < -0.4 is 10.2 Å². The largest absolute Gasteiger partial charge is 0.351 e. The number of pyridine rings is 1. The quantitative estimate of drug-likeness (QED) is 0.507. The maximum absolute atomic E-state index is 14.2. The number of nitrogens with one attached hydrogen (secondary N) is 1. The number of hydrogen-bond donors (Lipinski definition) is 1. The van der Waals surface area contributed by atoms with Gasteiger partial charge in [-0.2, -0.15) is 0 Å². The monoisotopic (exact) mass is 465 g/mol. The van der Waals surface area contributed by atoms with Crippen LogP contribution in [0, 0.1) is 5.82 Å². The summed E-state index contributed by atoms with van der Waals surface area (Å²) in [4.78, 5) is 32.9. The molecule has 1 saturated carbocycles. The van der Waals surface area contributed by atoms with Gasteiger partial charge < -0.3 is 5.32 Å². The van der Waals surface area contributed by atoms with Gasteiger partial charge in [0.2, 0.25) is 5.91 Å². The number of anilines is 1. The van der Waals surface area contributed by atoms with E-state index in [9.17, 15) is 14.0 Å². The number of hydrogen-bond acceptors (Lipinski definition) is 3. The lowest BCUT2D eigenvalue weighted by atomic mass is 9.94. The van der Waals surface area contributed by atoms with E-state index in [2.05, 4.69) is 10.3 Å². The molecule has 1 unspecified atom stereocenters. The molecule has 2 amide bonds. The number of carbonyl (C=O) groups excluding carboxylic acids is 2. The average molecular weight is 466 g/mol. The molecule has 2 aromatic carbocycles. The highest BCUT2D eigenvalue weighted by atomic mass is 35.5. The smallest absolute Gasteiger partial charge is 0.277 e. The minimum absolute atomic E-state index is 0.0237. The second-order valence-electron chi connectivity index (χ2n) is 8.14. The minimum atomic E-state index is -1.10. The van der Waals surface area contributed by atoms with E-state index in [1.165, 1.54) is 29.3 Å². The molecule has 1 aliphatic carbocycles. The van der Waals surface area contributed by atoms with Gasteiger partial charge in [-0.05, 0) is 49.2 Å². The summed E-state index contributed by atoms with van der Waals surface area (Å²) in [5, 5.41) is 3.45. The van der Waals surface area contributed by atoms with Crippen LogP contribution in [0.2, 0.25) is 5.02 Å².